The number of amides is 1. The van der Waals surface area contributed by atoms with Crippen molar-refractivity contribution in [2.24, 2.45) is 0 Å². The first-order valence-electron chi connectivity index (χ1n) is 5.91. The highest BCUT2D eigenvalue weighted by Crippen LogP contribution is 2.30. The molecule has 18 heavy (non-hydrogen) atoms. The second-order valence-corrected chi connectivity index (χ2v) is 5.47. The summed E-state index contributed by atoms with van der Waals surface area (Å²) in [7, 11) is 0. The van der Waals surface area contributed by atoms with Crippen molar-refractivity contribution in [3.8, 4) is 5.75 Å². The third-order valence-electron chi connectivity index (χ3n) is 2.69. The molecule has 0 aromatic heterocycles. The average Bonchev–Trinajstić information content (AvgIpc) is 2.20. The number of nitrogens with one attached hydrogen (secondary N) is 1. The second-order valence-electron chi connectivity index (χ2n) is 5.47. The van der Waals surface area contributed by atoms with Gasteiger partial charge in [-0.3, -0.25) is 5.32 Å². The van der Waals surface area contributed by atoms with Crippen LogP contribution in [0.4, 0.5) is 10.5 Å². The first-order valence-corrected chi connectivity index (χ1v) is 5.91. The van der Waals surface area contributed by atoms with E-state index in [0.717, 1.165) is 16.7 Å². The van der Waals surface area contributed by atoms with Crippen LogP contribution >= 0.6 is 0 Å². The minimum absolute atomic E-state index is 0.266. The lowest BCUT2D eigenvalue weighted by Gasteiger charge is -2.21. The van der Waals surface area contributed by atoms with Crippen LogP contribution in [0, 0.1) is 20.8 Å². The zero-order valence-electron chi connectivity index (χ0n) is 11.8. The number of carbonyl (C=O) groups is 1. The summed E-state index contributed by atoms with van der Waals surface area (Å²) in [5, 5.41) is 12.5. The lowest BCUT2D eigenvalue weighted by molar-refractivity contribution is 0.0636. The highest BCUT2D eigenvalue weighted by Gasteiger charge is 2.18. The molecule has 4 heteroatoms. The third-order valence-corrected chi connectivity index (χ3v) is 2.69. The van der Waals surface area contributed by atoms with Crippen LogP contribution in [0.15, 0.2) is 6.07 Å². The topological polar surface area (TPSA) is 58.6 Å². The average molecular weight is 251 g/mol. The molecule has 1 aromatic carbocycles. The molecule has 0 aliphatic carbocycles. The van der Waals surface area contributed by atoms with Crippen molar-refractivity contribution in [3.63, 3.8) is 0 Å². The molecule has 0 fully saturated rings. The number of carbonyl (C=O) groups excluding carboxylic acids is 1. The predicted molar refractivity (Wildman–Crippen MR) is 72.2 cm³/mol. The number of ether oxygens (including phenoxy) is 1. The Balaban J connectivity index is 2.96. The Morgan fingerprint density at radius 3 is 2.28 bits per heavy atom. The molecule has 0 spiro atoms. The van der Waals surface area contributed by atoms with Crippen molar-refractivity contribution >= 4 is 11.8 Å². The molecule has 1 amide bonds. The molecular weight excluding hydrogens is 230 g/mol. The maximum absolute atomic E-state index is 11.7. The van der Waals surface area contributed by atoms with Gasteiger partial charge in [0.25, 0.3) is 0 Å². The number of aromatic hydroxyl groups is 1. The number of hydrogen-bond donors (Lipinski definition) is 2. The van der Waals surface area contributed by atoms with E-state index >= 15 is 0 Å². The van der Waals surface area contributed by atoms with Crippen molar-refractivity contribution in [2.45, 2.75) is 47.1 Å². The van der Waals surface area contributed by atoms with Gasteiger partial charge >= 0.3 is 6.09 Å². The number of aryl methyl sites for hydroxylation is 1. The number of hydrogen-bond acceptors (Lipinski definition) is 3. The monoisotopic (exact) mass is 251 g/mol. The van der Waals surface area contributed by atoms with Gasteiger partial charge in [-0.15, -0.1) is 0 Å². The number of anilines is 1. The quantitative estimate of drug-likeness (QED) is 0.749. The lowest BCUT2D eigenvalue weighted by atomic mass is 10.0. The van der Waals surface area contributed by atoms with E-state index in [1.807, 2.05) is 34.6 Å². The fourth-order valence-corrected chi connectivity index (χ4v) is 1.61. The maximum atomic E-state index is 11.7. The Bertz CT molecular complexity index is 473. The summed E-state index contributed by atoms with van der Waals surface area (Å²) in [5.74, 6) is 0.266. The highest BCUT2D eigenvalue weighted by atomic mass is 16.6. The number of phenolic OH excluding ortho intramolecular Hbond substituents is 1. The zero-order chi connectivity index (χ0) is 14.1. The molecule has 4 nitrogen and oxygen atoms in total. The van der Waals surface area contributed by atoms with Gasteiger partial charge in [-0.2, -0.15) is 0 Å². The summed E-state index contributed by atoms with van der Waals surface area (Å²) in [6.45, 7) is 10.9. The van der Waals surface area contributed by atoms with E-state index in [0.29, 0.717) is 5.69 Å². The SMILES string of the molecule is Cc1cc(NC(=O)OC(C)(C)C)c(C)c(C)c1O. The molecule has 0 saturated carbocycles. The van der Waals surface area contributed by atoms with Gasteiger partial charge in [0.05, 0.1) is 0 Å². The predicted octanol–water partition coefficient (Wildman–Crippen LogP) is 3.66. The van der Waals surface area contributed by atoms with Gasteiger partial charge in [0.1, 0.15) is 11.4 Å². The molecule has 2 N–H and O–H groups in total. The molecule has 0 atom stereocenters. The largest absolute Gasteiger partial charge is 0.507 e. The molecule has 0 aliphatic heterocycles. The first kappa shape index (κ1) is 14.4. The molecule has 0 aliphatic rings. The van der Waals surface area contributed by atoms with E-state index in [1.165, 1.54) is 0 Å². The fraction of sp³-hybridized carbons (Fsp3) is 0.500. The first-order chi connectivity index (χ1) is 8.11. The summed E-state index contributed by atoms with van der Waals surface area (Å²) in [5.41, 5.74) is 2.46. The Hall–Kier alpha value is -1.71. The van der Waals surface area contributed by atoms with Crippen LogP contribution in [0.1, 0.15) is 37.5 Å². The molecule has 0 unspecified atom stereocenters. The molecule has 0 saturated heterocycles. The molecule has 0 radical (unpaired) electrons. The lowest BCUT2D eigenvalue weighted by Crippen LogP contribution is -2.27. The molecule has 0 bridgehead atoms. The Kier molecular flexibility index (Phi) is 3.89. The van der Waals surface area contributed by atoms with E-state index < -0.39 is 11.7 Å². The van der Waals surface area contributed by atoms with Crippen molar-refractivity contribution in [1.29, 1.82) is 0 Å². The van der Waals surface area contributed by atoms with Crippen LogP contribution in [-0.4, -0.2) is 16.8 Å². The molecular formula is C14H21NO3. The normalized spacial score (nSPS) is 11.2. The molecule has 0 heterocycles. The van der Waals surface area contributed by atoms with Crippen LogP contribution in [0.25, 0.3) is 0 Å². The van der Waals surface area contributed by atoms with E-state index in [1.54, 1.807) is 13.0 Å². The summed E-state index contributed by atoms with van der Waals surface area (Å²) in [6.07, 6.45) is -0.491. The molecule has 1 aromatic rings. The third kappa shape index (κ3) is 3.39. The van der Waals surface area contributed by atoms with E-state index in [2.05, 4.69) is 5.32 Å². The van der Waals surface area contributed by atoms with Gasteiger partial charge in [0.15, 0.2) is 0 Å². The van der Waals surface area contributed by atoms with Gasteiger partial charge < -0.3 is 9.84 Å². The smallest absolute Gasteiger partial charge is 0.412 e. The van der Waals surface area contributed by atoms with Crippen LogP contribution < -0.4 is 5.32 Å². The highest BCUT2D eigenvalue weighted by molar-refractivity contribution is 5.86. The van der Waals surface area contributed by atoms with Crippen molar-refractivity contribution in [2.75, 3.05) is 5.32 Å². The summed E-state index contributed by atoms with van der Waals surface area (Å²) in [6, 6.07) is 1.74. The summed E-state index contributed by atoms with van der Waals surface area (Å²) < 4.78 is 5.19. The number of rotatable bonds is 1. The molecule has 100 valence electrons. The Morgan fingerprint density at radius 2 is 1.78 bits per heavy atom. The fourth-order valence-electron chi connectivity index (χ4n) is 1.61. The zero-order valence-corrected chi connectivity index (χ0v) is 11.8. The van der Waals surface area contributed by atoms with Gasteiger partial charge in [-0.25, -0.2) is 4.79 Å². The molecule has 1 rings (SSSR count). The van der Waals surface area contributed by atoms with Crippen molar-refractivity contribution in [1.82, 2.24) is 0 Å². The van der Waals surface area contributed by atoms with E-state index in [-0.39, 0.29) is 5.75 Å². The van der Waals surface area contributed by atoms with Gasteiger partial charge in [0, 0.05) is 5.69 Å². The van der Waals surface area contributed by atoms with Crippen molar-refractivity contribution < 1.29 is 14.6 Å². The van der Waals surface area contributed by atoms with Crippen LogP contribution in [0.3, 0.4) is 0 Å². The van der Waals surface area contributed by atoms with Crippen LogP contribution in [0.5, 0.6) is 5.75 Å². The second kappa shape index (κ2) is 4.88. The Labute approximate surface area is 108 Å². The Morgan fingerprint density at radius 1 is 1.22 bits per heavy atom. The summed E-state index contributed by atoms with van der Waals surface area (Å²) >= 11 is 0. The minimum atomic E-state index is -0.529. The van der Waals surface area contributed by atoms with Crippen molar-refractivity contribution in [3.05, 3.63) is 22.8 Å². The van der Waals surface area contributed by atoms with E-state index in [9.17, 15) is 9.90 Å². The minimum Gasteiger partial charge on any atom is -0.507 e. The summed E-state index contributed by atoms with van der Waals surface area (Å²) in [4.78, 5) is 11.7. The number of benzene rings is 1. The standard InChI is InChI=1S/C14H21NO3/c1-8-7-11(9(2)10(3)12(8)16)15-13(17)18-14(4,5)6/h7,16H,1-6H3,(H,15,17). The van der Waals surface area contributed by atoms with E-state index in [4.69, 9.17) is 4.74 Å². The van der Waals surface area contributed by atoms with Gasteiger partial charge in [-0.1, -0.05) is 0 Å². The van der Waals surface area contributed by atoms with Crippen LogP contribution in [0.2, 0.25) is 0 Å². The maximum Gasteiger partial charge on any atom is 0.412 e. The van der Waals surface area contributed by atoms with Gasteiger partial charge in [-0.05, 0) is 64.3 Å². The van der Waals surface area contributed by atoms with Crippen LogP contribution in [-0.2, 0) is 4.74 Å². The van der Waals surface area contributed by atoms with Gasteiger partial charge in [0.2, 0.25) is 0 Å². The number of phenols is 1.